The second kappa shape index (κ2) is 7.64. The van der Waals surface area contributed by atoms with Gasteiger partial charge in [0, 0.05) is 49.4 Å². The van der Waals surface area contributed by atoms with Gasteiger partial charge in [0.1, 0.15) is 11.7 Å². The predicted octanol–water partition coefficient (Wildman–Crippen LogP) is 2.54. The Balaban J connectivity index is 1.33. The lowest BCUT2D eigenvalue weighted by Crippen LogP contribution is -2.49. The van der Waals surface area contributed by atoms with E-state index in [9.17, 15) is 4.79 Å². The Kier molecular flexibility index (Phi) is 5.07. The van der Waals surface area contributed by atoms with Gasteiger partial charge in [0.25, 0.3) is 0 Å². The molecule has 3 aliphatic heterocycles. The lowest BCUT2D eigenvalue weighted by Gasteiger charge is -2.36. The van der Waals surface area contributed by atoms with Crippen molar-refractivity contribution < 1.29 is 4.79 Å². The molecule has 0 bridgehead atoms. The summed E-state index contributed by atoms with van der Waals surface area (Å²) < 4.78 is 0. The molecule has 0 unspecified atom stereocenters. The van der Waals surface area contributed by atoms with Crippen LogP contribution >= 0.6 is 11.8 Å². The number of amides is 2. The second-order valence-corrected chi connectivity index (χ2v) is 7.75. The molecule has 7 nitrogen and oxygen atoms in total. The van der Waals surface area contributed by atoms with E-state index in [1.165, 1.54) is 0 Å². The molecule has 27 heavy (non-hydrogen) atoms. The van der Waals surface area contributed by atoms with E-state index in [2.05, 4.69) is 32.0 Å². The Hall–Kier alpha value is -2.48. The highest BCUT2D eigenvalue weighted by Crippen LogP contribution is 2.21. The van der Waals surface area contributed by atoms with Gasteiger partial charge in [-0.15, -0.1) is 11.8 Å². The topological polar surface area (TPSA) is 63.5 Å². The first-order valence-electron chi connectivity index (χ1n) is 9.17. The molecule has 0 spiro atoms. The predicted molar refractivity (Wildman–Crippen MR) is 111 cm³/mol. The van der Waals surface area contributed by atoms with Gasteiger partial charge in [-0.25, -0.2) is 9.79 Å². The van der Waals surface area contributed by atoms with Crippen LogP contribution in [0.3, 0.4) is 0 Å². The zero-order chi connectivity index (χ0) is 18.8. The van der Waals surface area contributed by atoms with Crippen molar-refractivity contribution in [3.05, 3.63) is 36.2 Å². The molecule has 1 N–H and O–H groups in total. The minimum Gasteiger partial charge on any atom is -0.353 e. The van der Waals surface area contributed by atoms with Crippen molar-refractivity contribution in [2.45, 2.75) is 17.9 Å². The number of fused-ring (bicyclic) bond motifs is 1. The van der Waals surface area contributed by atoms with Crippen LogP contribution < -0.4 is 5.32 Å². The third-order valence-corrected chi connectivity index (χ3v) is 5.63. The molecule has 1 atom stereocenters. The molecule has 142 valence electrons. The molecule has 0 saturated carbocycles. The van der Waals surface area contributed by atoms with Crippen LogP contribution in [0.15, 0.2) is 51.0 Å². The van der Waals surface area contributed by atoms with Crippen molar-refractivity contribution in [2.75, 3.05) is 44.3 Å². The largest absolute Gasteiger partial charge is 0.353 e. The number of nitrogens with zero attached hydrogens (tertiary/aromatic N) is 5. The summed E-state index contributed by atoms with van der Waals surface area (Å²) in [6.45, 7) is 5.89. The van der Waals surface area contributed by atoms with Gasteiger partial charge in [-0.1, -0.05) is 6.07 Å². The number of benzene rings is 1. The number of hydrogen-bond donors (Lipinski definition) is 1. The maximum Gasteiger partial charge on any atom is 0.321 e. The van der Waals surface area contributed by atoms with E-state index in [0.717, 1.165) is 41.9 Å². The van der Waals surface area contributed by atoms with E-state index in [0.29, 0.717) is 19.1 Å². The number of carbonyl (C=O) groups excluding carboxylic acids is 1. The van der Waals surface area contributed by atoms with Crippen molar-refractivity contribution in [3.8, 4) is 0 Å². The van der Waals surface area contributed by atoms with Crippen molar-refractivity contribution in [3.63, 3.8) is 0 Å². The zero-order valence-corrected chi connectivity index (χ0v) is 16.4. The lowest BCUT2D eigenvalue weighted by molar-refractivity contribution is 0.167. The van der Waals surface area contributed by atoms with Crippen LogP contribution in [0.4, 0.5) is 10.5 Å². The lowest BCUT2D eigenvalue weighted by atomic mass is 10.3. The molecule has 0 aromatic heterocycles. The number of nitrogens with one attached hydrogen (secondary N) is 1. The first kappa shape index (κ1) is 17.9. The maximum absolute atomic E-state index is 12.6. The first-order chi connectivity index (χ1) is 13.1. The molecule has 2 amide bonds. The molecule has 3 aliphatic rings. The van der Waals surface area contributed by atoms with Crippen LogP contribution in [0.5, 0.6) is 0 Å². The van der Waals surface area contributed by atoms with Crippen LogP contribution in [0, 0.1) is 0 Å². The molecule has 1 fully saturated rings. The van der Waals surface area contributed by atoms with Gasteiger partial charge in [0.05, 0.1) is 12.4 Å². The molecule has 8 heteroatoms. The molecular formula is C19H24N6OS. The summed E-state index contributed by atoms with van der Waals surface area (Å²) in [4.78, 5) is 29.1. The summed E-state index contributed by atoms with van der Waals surface area (Å²) in [6.07, 6.45) is 5.95. The van der Waals surface area contributed by atoms with Gasteiger partial charge in [0.2, 0.25) is 0 Å². The van der Waals surface area contributed by atoms with Crippen molar-refractivity contribution in [1.82, 2.24) is 14.7 Å². The Bertz CT molecular complexity index is 812. The third-order valence-electron chi connectivity index (χ3n) is 4.91. The minimum absolute atomic E-state index is 0.0470. The van der Waals surface area contributed by atoms with Gasteiger partial charge >= 0.3 is 6.03 Å². The summed E-state index contributed by atoms with van der Waals surface area (Å²) in [5.41, 5.74) is 0.835. The number of rotatable bonds is 3. The van der Waals surface area contributed by atoms with Crippen LogP contribution in [-0.4, -0.2) is 77.9 Å². The summed E-state index contributed by atoms with van der Waals surface area (Å²) in [7, 11) is 0. The van der Waals surface area contributed by atoms with Crippen LogP contribution in [0.2, 0.25) is 0 Å². The van der Waals surface area contributed by atoms with E-state index in [1.54, 1.807) is 11.8 Å². The van der Waals surface area contributed by atoms with E-state index in [4.69, 9.17) is 0 Å². The van der Waals surface area contributed by atoms with Crippen LogP contribution in [0.1, 0.15) is 6.92 Å². The Morgan fingerprint density at radius 3 is 2.85 bits per heavy atom. The van der Waals surface area contributed by atoms with E-state index in [-0.39, 0.29) is 6.03 Å². The normalized spacial score (nSPS) is 21.7. The number of urea groups is 1. The highest BCUT2D eigenvalue weighted by atomic mass is 32.2. The SMILES string of the molecule is CSc1cccc(NC(=O)N2CCN(C3=CC4=N[C@H](C)CN4C=N3)CC2)c1. The van der Waals surface area contributed by atoms with Crippen molar-refractivity contribution in [1.29, 1.82) is 0 Å². The average molecular weight is 385 g/mol. The fraction of sp³-hybridized carbons (Fsp3) is 0.421. The molecule has 1 aromatic carbocycles. The molecule has 3 heterocycles. The van der Waals surface area contributed by atoms with Gasteiger partial charge in [-0.05, 0) is 31.4 Å². The number of aliphatic imine (C=N–C) groups is 2. The molecule has 0 radical (unpaired) electrons. The number of anilines is 1. The summed E-state index contributed by atoms with van der Waals surface area (Å²) in [5.74, 6) is 1.92. The second-order valence-electron chi connectivity index (χ2n) is 6.87. The molecule has 4 rings (SSSR count). The highest BCUT2D eigenvalue weighted by molar-refractivity contribution is 7.98. The zero-order valence-electron chi connectivity index (χ0n) is 15.6. The fourth-order valence-corrected chi connectivity index (χ4v) is 3.90. The molecular weight excluding hydrogens is 360 g/mol. The number of hydrogen-bond acceptors (Lipinski definition) is 6. The third kappa shape index (κ3) is 3.95. The number of piperazine rings is 1. The Morgan fingerprint density at radius 1 is 1.26 bits per heavy atom. The highest BCUT2D eigenvalue weighted by Gasteiger charge is 2.27. The quantitative estimate of drug-likeness (QED) is 0.814. The number of amidine groups is 1. The van der Waals surface area contributed by atoms with Crippen LogP contribution in [0.25, 0.3) is 0 Å². The van der Waals surface area contributed by atoms with E-state index in [1.807, 2.05) is 47.8 Å². The van der Waals surface area contributed by atoms with Gasteiger partial charge in [0.15, 0.2) is 0 Å². The van der Waals surface area contributed by atoms with E-state index < -0.39 is 0 Å². The Morgan fingerprint density at radius 2 is 2.07 bits per heavy atom. The monoisotopic (exact) mass is 384 g/mol. The van der Waals surface area contributed by atoms with Crippen molar-refractivity contribution >= 4 is 35.7 Å². The number of carbonyl (C=O) groups is 1. The maximum atomic E-state index is 12.6. The summed E-state index contributed by atoms with van der Waals surface area (Å²) in [5, 5.41) is 3.00. The fourth-order valence-electron chi connectivity index (χ4n) is 3.44. The number of thioether (sulfide) groups is 1. The smallest absolute Gasteiger partial charge is 0.321 e. The molecule has 0 aliphatic carbocycles. The van der Waals surface area contributed by atoms with Gasteiger partial charge < -0.3 is 20.0 Å². The van der Waals surface area contributed by atoms with E-state index >= 15 is 0 Å². The molecule has 1 saturated heterocycles. The van der Waals surface area contributed by atoms with Crippen LogP contribution in [-0.2, 0) is 0 Å². The first-order valence-corrected chi connectivity index (χ1v) is 10.4. The van der Waals surface area contributed by atoms with Gasteiger partial charge in [-0.2, -0.15) is 0 Å². The van der Waals surface area contributed by atoms with Gasteiger partial charge in [-0.3, -0.25) is 4.99 Å². The standard InChI is InChI=1S/C19H24N6OS/c1-14-12-25-13-20-17(11-18(25)21-14)23-6-8-24(9-7-23)19(26)22-15-4-3-5-16(10-15)27-2/h3-5,10-11,13-14H,6-9,12H2,1-2H3,(H,22,26)/t14-/m1/s1. The average Bonchev–Trinajstić information content (AvgIpc) is 3.07. The summed E-state index contributed by atoms with van der Waals surface area (Å²) in [6, 6.07) is 8.18. The Labute approximate surface area is 163 Å². The molecule has 1 aromatic rings. The summed E-state index contributed by atoms with van der Waals surface area (Å²) >= 11 is 1.66. The minimum atomic E-state index is -0.0470. The van der Waals surface area contributed by atoms with Crippen molar-refractivity contribution in [2.24, 2.45) is 9.98 Å².